The third kappa shape index (κ3) is 6.71. The van der Waals surface area contributed by atoms with E-state index >= 15 is 0 Å². The summed E-state index contributed by atoms with van der Waals surface area (Å²) in [5.41, 5.74) is -0.0388. The zero-order chi connectivity index (χ0) is 19.4. The number of rotatable bonds is 10. The van der Waals surface area contributed by atoms with Gasteiger partial charge in [0.1, 0.15) is 12.7 Å². The van der Waals surface area contributed by atoms with E-state index in [1.165, 1.54) is 17.2 Å². The molecule has 2 heterocycles. The van der Waals surface area contributed by atoms with E-state index in [1.54, 1.807) is 0 Å². The molecule has 0 bridgehead atoms. The Balaban J connectivity index is 2.08. The highest BCUT2D eigenvalue weighted by Gasteiger charge is 2.20. The summed E-state index contributed by atoms with van der Waals surface area (Å²) in [6.45, 7) is -0.181. The molecule has 13 nitrogen and oxygen atoms in total. The lowest BCUT2D eigenvalue weighted by molar-refractivity contribution is 0.0530. The molecule has 0 saturated heterocycles. The molecule has 0 amide bonds. The van der Waals surface area contributed by atoms with Crippen molar-refractivity contribution in [2.24, 2.45) is 5.92 Å². The first-order chi connectivity index (χ1) is 12.1. The molecule has 0 aliphatic rings. The Morgan fingerprint density at radius 3 is 2.19 bits per heavy atom. The van der Waals surface area contributed by atoms with Crippen LogP contribution in [0, 0.1) is 5.92 Å². The average molecular weight is 412 g/mol. The van der Waals surface area contributed by atoms with Crippen molar-refractivity contribution in [2.75, 3.05) is 25.9 Å². The molecule has 26 heavy (non-hydrogen) atoms. The highest BCUT2D eigenvalue weighted by Crippen LogP contribution is 2.35. The fourth-order valence-electron chi connectivity index (χ4n) is 2.13. The molecule has 0 aliphatic heterocycles. The molecule has 2 rings (SSSR count). The number of aromatic nitrogens is 4. The van der Waals surface area contributed by atoms with Crippen LogP contribution in [0.25, 0.3) is 11.2 Å². The molecule has 0 unspecified atom stereocenters. The van der Waals surface area contributed by atoms with Gasteiger partial charge < -0.3 is 38.6 Å². The minimum Gasteiger partial charge on any atom is -0.368 e. The monoisotopic (exact) mass is 412 g/mol. The Kier molecular flexibility index (Phi) is 6.83. The quantitative estimate of drug-likeness (QED) is 0.301. The number of nitrogens with zero attached hydrogens (tertiary/aromatic N) is 3. The van der Waals surface area contributed by atoms with Crippen molar-refractivity contribution in [2.45, 2.75) is 6.54 Å². The van der Waals surface area contributed by atoms with Crippen LogP contribution in [0.3, 0.4) is 0 Å². The molecule has 5 N–H and O–H groups in total. The van der Waals surface area contributed by atoms with E-state index in [2.05, 4.69) is 15.0 Å². The molecule has 2 aromatic rings. The Morgan fingerprint density at radius 2 is 1.65 bits per heavy atom. The zero-order valence-electron chi connectivity index (χ0n) is 13.3. The fourth-order valence-corrected chi connectivity index (χ4v) is 2.82. The lowest BCUT2D eigenvalue weighted by Crippen LogP contribution is -2.23. The maximum Gasteiger partial charge on any atom is 0.350 e. The van der Waals surface area contributed by atoms with Gasteiger partial charge in [0.15, 0.2) is 11.2 Å². The summed E-state index contributed by atoms with van der Waals surface area (Å²) in [6, 6.07) is 0. The van der Waals surface area contributed by atoms with Crippen molar-refractivity contribution in [3.05, 3.63) is 23.0 Å². The van der Waals surface area contributed by atoms with Crippen LogP contribution >= 0.6 is 15.2 Å². The topological polar surface area (TPSA) is 197 Å². The van der Waals surface area contributed by atoms with Crippen LogP contribution < -0.4 is 5.56 Å². The van der Waals surface area contributed by atoms with Crippen molar-refractivity contribution in [1.29, 1.82) is 0 Å². The molecule has 15 heteroatoms. The van der Waals surface area contributed by atoms with Crippen LogP contribution in [0.1, 0.15) is 0 Å². The molecular weight excluding hydrogens is 394 g/mol. The summed E-state index contributed by atoms with van der Waals surface area (Å²) in [6.07, 6.45) is 0.952. The number of aromatic amines is 1. The van der Waals surface area contributed by atoms with Gasteiger partial charge in [-0.25, -0.2) is 9.97 Å². The molecule has 0 spiro atoms. The Labute approximate surface area is 146 Å². The molecular formula is C11H18N4O9P2. The second-order valence-corrected chi connectivity index (χ2v) is 8.67. The maximum absolute atomic E-state index is 11.6. The first kappa shape index (κ1) is 20.9. The van der Waals surface area contributed by atoms with Crippen LogP contribution in [0.5, 0.6) is 0 Å². The van der Waals surface area contributed by atoms with Crippen LogP contribution in [-0.2, 0) is 25.1 Å². The smallest absolute Gasteiger partial charge is 0.350 e. The van der Waals surface area contributed by atoms with E-state index in [0.717, 1.165) is 0 Å². The Bertz CT molecular complexity index is 857. The number of ether oxygens (including phenoxy) is 2. The van der Waals surface area contributed by atoms with Crippen molar-refractivity contribution in [3.63, 3.8) is 0 Å². The van der Waals surface area contributed by atoms with Gasteiger partial charge in [0.25, 0.3) is 5.56 Å². The molecule has 0 fully saturated rings. The number of imidazole rings is 1. The van der Waals surface area contributed by atoms with Gasteiger partial charge in [0.2, 0.25) is 0 Å². The number of hydrogen-bond donors (Lipinski definition) is 5. The predicted molar refractivity (Wildman–Crippen MR) is 87.4 cm³/mol. The summed E-state index contributed by atoms with van der Waals surface area (Å²) >= 11 is 0. The Morgan fingerprint density at radius 1 is 1.08 bits per heavy atom. The number of H-pyrrole nitrogens is 1. The van der Waals surface area contributed by atoms with Crippen molar-refractivity contribution in [1.82, 2.24) is 19.5 Å². The maximum atomic E-state index is 11.6. The third-order valence-electron chi connectivity index (χ3n) is 3.09. The molecule has 146 valence electrons. The van der Waals surface area contributed by atoms with Gasteiger partial charge >= 0.3 is 15.2 Å². The molecule has 0 atom stereocenters. The van der Waals surface area contributed by atoms with Crippen LogP contribution in [0.15, 0.2) is 17.4 Å². The first-order valence-electron chi connectivity index (χ1n) is 7.18. The number of fused-ring (bicyclic) bond motifs is 1. The summed E-state index contributed by atoms with van der Waals surface area (Å²) in [4.78, 5) is 57.3. The standard InChI is InChI=1S/C11H18N4O9P2/c16-11-9-10(12-4-13-11)15(5-14-9)1-8(2-23-6-25(17,18)19)3-24-7-26(20,21)22/h4-5,8H,1-3,6-7H2,(H,12,13,16)(H2,17,18,19)(H2,20,21,22). The summed E-state index contributed by atoms with van der Waals surface area (Å²) in [5, 5.41) is 0. The summed E-state index contributed by atoms with van der Waals surface area (Å²) in [7, 11) is -8.71. The SMILES string of the molecule is O=c1[nH]cnc2c1ncn2CC(COCP(=O)(O)O)COCP(=O)(O)O. The van der Waals surface area contributed by atoms with Gasteiger partial charge in [-0.15, -0.1) is 0 Å². The van der Waals surface area contributed by atoms with E-state index in [1.807, 2.05) is 0 Å². The zero-order valence-corrected chi connectivity index (χ0v) is 15.1. The minimum absolute atomic E-state index is 0.110. The van der Waals surface area contributed by atoms with Crippen LogP contribution in [0.2, 0.25) is 0 Å². The third-order valence-corrected chi connectivity index (χ3v) is 4.13. The first-order valence-corrected chi connectivity index (χ1v) is 10.8. The lowest BCUT2D eigenvalue weighted by atomic mass is 10.2. The van der Waals surface area contributed by atoms with Gasteiger partial charge in [0.05, 0.1) is 25.9 Å². The summed E-state index contributed by atoms with van der Waals surface area (Å²) in [5.74, 6) is -0.536. The van der Waals surface area contributed by atoms with Crippen LogP contribution in [0.4, 0.5) is 0 Å². The second-order valence-electron chi connectivity index (χ2n) is 5.50. The van der Waals surface area contributed by atoms with Crippen LogP contribution in [-0.4, -0.2) is 65.0 Å². The highest BCUT2D eigenvalue weighted by molar-refractivity contribution is 7.51. The van der Waals surface area contributed by atoms with E-state index in [-0.39, 0.29) is 30.9 Å². The van der Waals surface area contributed by atoms with Crippen molar-refractivity contribution < 1.29 is 38.2 Å². The molecule has 2 aromatic heterocycles. The van der Waals surface area contributed by atoms with Crippen molar-refractivity contribution >= 4 is 26.4 Å². The van der Waals surface area contributed by atoms with Gasteiger partial charge in [-0.05, 0) is 0 Å². The van der Waals surface area contributed by atoms with Gasteiger partial charge in [-0.2, -0.15) is 0 Å². The Hall–Kier alpha value is -1.43. The fraction of sp³-hybridized carbons (Fsp3) is 0.545. The highest BCUT2D eigenvalue weighted by atomic mass is 31.2. The van der Waals surface area contributed by atoms with Gasteiger partial charge in [-0.3, -0.25) is 13.9 Å². The number of nitrogens with one attached hydrogen (secondary N) is 1. The van der Waals surface area contributed by atoms with E-state index in [0.29, 0.717) is 0 Å². The predicted octanol–water partition coefficient (Wildman–Crippen LogP) is -0.961. The molecule has 0 radical (unpaired) electrons. The largest absolute Gasteiger partial charge is 0.368 e. The molecule has 0 aromatic carbocycles. The van der Waals surface area contributed by atoms with E-state index in [9.17, 15) is 13.9 Å². The van der Waals surface area contributed by atoms with E-state index in [4.69, 9.17) is 29.0 Å². The van der Waals surface area contributed by atoms with E-state index < -0.39 is 39.4 Å². The number of hydrogen-bond acceptors (Lipinski definition) is 7. The lowest BCUT2D eigenvalue weighted by Gasteiger charge is -2.18. The minimum atomic E-state index is -4.36. The normalized spacial score (nSPS) is 13.0. The molecule has 0 aliphatic carbocycles. The molecule has 0 saturated carbocycles. The summed E-state index contributed by atoms with van der Waals surface area (Å²) < 4.78 is 33.2. The van der Waals surface area contributed by atoms with Gasteiger partial charge in [0, 0.05) is 12.5 Å². The van der Waals surface area contributed by atoms with Gasteiger partial charge in [-0.1, -0.05) is 0 Å². The average Bonchev–Trinajstić information content (AvgIpc) is 2.89. The van der Waals surface area contributed by atoms with Crippen molar-refractivity contribution in [3.8, 4) is 0 Å². The second kappa shape index (κ2) is 8.51.